The van der Waals surface area contributed by atoms with E-state index in [-0.39, 0.29) is 0 Å². The van der Waals surface area contributed by atoms with Crippen LogP contribution < -0.4 is 4.74 Å². The molecule has 1 nitrogen and oxygen atoms in total. The van der Waals surface area contributed by atoms with Crippen LogP contribution in [0.15, 0.2) is 35.4 Å². The zero-order valence-corrected chi connectivity index (χ0v) is 14.5. The highest BCUT2D eigenvalue weighted by Crippen LogP contribution is 2.54. The zero-order valence-electron chi connectivity index (χ0n) is 14.5. The van der Waals surface area contributed by atoms with Gasteiger partial charge in [-0.15, -0.1) is 0 Å². The van der Waals surface area contributed by atoms with Crippen molar-refractivity contribution in [3.8, 4) is 5.75 Å². The molecule has 0 radical (unpaired) electrons. The van der Waals surface area contributed by atoms with E-state index in [1.807, 2.05) is 0 Å². The first-order chi connectivity index (χ1) is 9.77. The third-order valence-electron chi connectivity index (χ3n) is 5.85. The topological polar surface area (TPSA) is 9.23 Å². The Kier molecular flexibility index (Phi) is 4.51. The Bertz CT molecular complexity index is 521. The number of hydrogen-bond acceptors (Lipinski definition) is 1. The number of aryl methyl sites for hydroxylation is 1. The van der Waals surface area contributed by atoms with Gasteiger partial charge in [0.2, 0.25) is 0 Å². The van der Waals surface area contributed by atoms with Crippen LogP contribution in [0, 0.1) is 10.8 Å². The summed E-state index contributed by atoms with van der Waals surface area (Å²) in [6, 6.07) is 8.54. The van der Waals surface area contributed by atoms with Gasteiger partial charge in [-0.2, -0.15) is 0 Å². The summed E-state index contributed by atoms with van der Waals surface area (Å²) >= 11 is 0. The summed E-state index contributed by atoms with van der Waals surface area (Å²) in [4.78, 5) is 0. The molecule has 0 saturated heterocycles. The third-order valence-corrected chi connectivity index (χ3v) is 5.85. The van der Waals surface area contributed by atoms with Crippen LogP contribution in [0.3, 0.4) is 0 Å². The molecule has 1 heteroatoms. The minimum Gasteiger partial charge on any atom is -0.497 e. The van der Waals surface area contributed by atoms with Gasteiger partial charge in [0.1, 0.15) is 5.75 Å². The molecule has 0 aliphatic heterocycles. The van der Waals surface area contributed by atoms with Crippen LogP contribution in [0.2, 0.25) is 0 Å². The van der Waals surface area contributed by atoms with Crippen LogP contribution >= 0.6 is 0 Å². The normalized spacial score (nSPS) is 25.0. The lowest BCUT2D eigenvalue weighted by atomic mass is 9.56. The molecular weight excluding hydrogens is 256 g/mol. The van der Waals surface area contributed by atoms with E-state index in [0.717, 1.165) is 12.2 Å². The van der Waals surface area contributed by atoms with Gasteiger partial charge in [0.05, 0.1) is 7.11 Å². The number of allylic oxidation sites excluding steroid dienone is 2. The quantitative estimate of drug-likeness (QED) is 0.636. The molecule has 0 saturated carbocycles. The van der Waals surface area contributed by atoms with Crippen molar-refractivity contribution in [1.82, 2.24) is 0 Å². The van der Waals surface area contributed by atoms with E-state index in [4.69, 9.17) is 4.74 Å². The molecule has 116 valence electrons. The monoisotopic (exact) mass is 286 g/mol. The summed E-state index contributed by atoms with van der Waals surface area (Å²) in [7, 11) is 1.72. The Morgan fingerprint density at radius 1 is 0.952 bits per heavy atom. The minimum absolute atomic E-state index is 0.378. The zero-order chi connectivity index (χ0) is 15.7. The second kappa shape index (κ2) is 5.87. The summed E-state index contributed by atoms with van der Waals surface area (Å²) in [5.41, 5.74) is 5.38. The molecule has 0 spiro atoms. The lowest BCUT2D eigenvalue weighted by molar-refractivity contribution is 0.0656. The fourth-order valence-corrected chi connectivity index (χ4v) is 3.64. The molecule has 1 atom stereocenters. The lowest BCUT2D eigenvalue weighted by Gasteiger charge is -2.49. The molecule has 1 aromatic rings. The average Bonchev–Trinajstić information content (AvgIpc) is 2.43. The van der Waals surface area contributed by atoms with Crippen LogP contribution in [-0.2, 0) is 6.42 Å². The Labute approximate surface area is 130 Å². The van der Waals surface area contributed by atoms with E-state index in [0.29, 0.717) is 10.8 Å². The van der Waals surface area contributed by atoms with Gasteiger partial charge in [-0.1, -0.05) is 44.1 Å². The van der Waals surface area contributed by atoms with Gasteiger partial charge in [-0.25, -0.2) is 0 Å². The molecule has 0 bridgehead atoms. The second-order valence-corrected chi connectivity index (χ2v) is 7.71. The number of methoxy groups -OCH3 is 1. The average molecular weight is 286 g/mol. The summed E-state index contributed by atoms with van der Waals surface area (Å²) in [6.07, 6.45) is 4.87. The predicted octanol–water partition coefficient (Wildman–Crippen LogP) is 5.79. The predicted molar refractivity (Wildman–Crippen MR) is 90.8 cm³/mol. The van der Waals surface area contributed by atoms with Crippen molar-refractivity contribution in [2.24, 2.45) is 10.8 Å². The molecule has 0 amide bonds. The summed E-state index contributed by atoms with van der Waals surface area (Å²) < 4.78 is 5.24. The Morgan fingerprint density at radius 3 is 2.10 bits per heavy atom. The van der Waals surface area contributed by atoms with Crippen molar-refractivity contribution in [2.75, 3.05) is 7.11 Å². The van der Waals surface area contributed by atoms with Crippen molar-refractivity contribution in [3.63, 3.8) is 0 Å². The van der Waals surface area contributed by atoms with Crippen LogP contribution in [-0.4, -0.2) is 7.11 Å². The number of rotatable bonds is 4. The van der Waals surface area contributed by atoms with Crippen LogP contribution in [0.5, 0.6) is 5.75 Å². The maximum Gasteiger partial charge on any atom is 0.118 e. The van der Waals surface area contributed by atoms with Crippen molar-refractivity contribution < 1.29 is 4.74 Å². The highest BCUT2D eigenvalue weighted by Gasteiger charge is 2.43. The highest BCUT2D eigenvalue weighted by molar-refractivity contribution is 5.28. The third kappa shape index (κ3) is 3.33. The molecule has 0 fully saturated rings. The number of ether oxygens (including phenoxy) is 1. The molecule has 2 rings (SSSR count). The highest BCUT2D eigenvalue weighted by atomic mass is 16.5. The molecule has 1 aliphatic rings. The van der Waals surface area contributed by atoms with Gasteiger partial charge in [0.25, 0.3) is 0 Å². The molecule has 1 aromatic carbocycles. The van der Waals surface area contributed by atoms with Gasteiger partial charge >= 0.3 is 0 Å². The Hall–Kier alpha value is -1.24. The van der Waals surface area contributed by atoms with Gasteiger partial charge < -0.3 is 4.74 Å². The van der Waals surface area contributed by atoms with Gasteiger partial charge in [-0.3, -0.25) is 0 Å². The molecule has 21 heavy (non-hydrogen) atoms. The van der Waals surface area contributed by atoms with E-state index < -0.39 is 0 Å². The van der Waals surface area contributed by atoms with E-state index in [1.54, 1.807) is 18.3 Å². The molecular formula is C20H30O. The van der Waals surface area contributed by atoms with E-state index in [1.165, 1.54) is 24.8 Å². The van der Waals surface area contributed by atoms with Gasteiger partial charge in [0.15, 0.2) is 0 Å². The Morgan fingerprint density at radius 2 is 1.52 bits per heavy atom. The smallest absolute Gasteiger partial charge is 0.118 e. The van der Waals surface area contributed by atoms with Crippen molar-refractivity contribution in [2.45, 2.75) is 60.3 Å². The SMILES string of the molecule is COc1ccc(CCC2(C)CC(C)=C(C)CC2(C)C)cc1. The summed E-state index contributed by atoms with van der Waals surface area (Å²) in [5.74, 6) is 0.942. The molecule has 0 heterocycles. The first kappa shape index (κ1) is 16.1. The summed E-state index contributed by atoms with van der Waals surface area (Å²) in [5, 5.41) is 0. The van der Waals surface area contributed by atoms with Crippen molar-refractivity contribution in [3.05, 3.63) is 41.0 Å². The first-order valence-corrected chi connectivity index (χ1v) is 8.06. The van der Waals surface area contributed by atoms with Crippen LogP contribution in [0.25, 0.3) is 0 Å². The standard InChI is InChI=1S/C20H30O/c1-15-13-19(3,4)20(5,14-16(15)2)12-11-17-7-9-18(21-6)10-8-17/h7-10H,11-14H2,1-6H3. The van der Waals surface area contributed by atoms with Crippen molar-refractivity contribution >= 4 is 0 Å². The molecule has 1 unspecified atom stereocenters. The van der Waals surface area contributed by atoms with Crippen LogP contribution in [0.1, 0.15) is 59.4 Å². The number of benzene rings is 1. The van der Waals surface area contributed by atoms with Crippen molar-refractivity contribution in [1.29, 1.82) is 0 Å². The maximum absolute atomic E-state index is 5.24. The maximum atomic E-state index is 5.24. The van der Waals surface area contributed by atoms with E-state index >= 15 is 0 Å². The van der Waals surface area contributed by atoms with Gasteiger partial charge in [0, 0.05) is 0 Å². The molecule has 1 aliphatic carbocycles. The minimum atomic E-state index is 0.378. The Balaban J connectivity index is 2.10. The van der Waals surface area contributed by atoms with E-state index in [9.17, 15) is 0 Å². The second-order valence-electron chi connectivity index (χ2n) is 7.71. The number of hydrogen-bond donors (Lipinski definition) is 0. The fraction of sp³-hybridized carbons (Fsp3) is 0.600. The van der Waals surface area contributed by atoms with Gasteiger partial charge in [-0.05, 0) is 68.1 Å². The summed E-state index contributed by atoms with van der Waals surface area (Å²) in [6.45, 7) is 12.0. The fourth-order valence-electron chi connectivity index (χ4n) is 3.64. The van der Waals surface area contributed by atoms with E-state index in [2.05, 4.69) is 58.9 Å². The molecule has 0 N–H and O–H groups in total. The molecule has 0 aromatic heterocycles. The first-order valence-electron chi connectivity index (χ1n) is 8.06. The lowest BCUT2D eigenvalue weighted by Crippen LogP contribution is -2.39. The van der Waals surface area contributed by atoms with Crippen LogP contribution in [0.4, 0.5) is 0 Å². The largest absolute Gasteiger partial charge is 0.497 e.